The number of nitrogens with zero attached hydrogens (tertiary/aromatic N) is 4. The summed E-state index contributed by atoms with van der Waals surface area (Å²) in [7, 11) is 1.55. The van der Waals surface area contributed by atoms with Crippen molar-refractivity contribution in [1.82, 2.24) is 20.3 Å². The van der Waals surface area contributed by atoms with E-state index in [1.54, 1.807) is 37.4 Å². The van der Waals surface area contributed by atoms with Crippen molar-refractivity contribution < 1.29 is 14.3 Å². The summed E-state index contributed by atoms with van der Waals surface area (Å²) in [6, 6.07) is 9.92. The van der Waals surface area contributed by atoms with Crippen molar-refractivity contribution >= 4 is 46.6 Å². The number of morpholine rings is 1. The van der Waals surface area contributed by atoms with E-state index in [-0.39, 0.29) is 11.6 Å². The molecule has 0 aliphatic carbocycles. The van der Waals surface area contributed by atoms with Gasteiger partial charge in [-0.1, -0.05) is 23.2 Å². The van der Waals surface area contributed by atoms with Gasteiger partial charge in [0, 0.05) is 24.8 Å². The van der Waals surface area contributed by atoms with E-state index in [0.717, 1.165) is 5.69 Å². The van der Waals surface area contributed by atoms with Gasteiger partial charge in [0.15, 0.2) is 0 Å². The third-order valence-corrected chi connectivity index (χ3v) is 5.96. The number of benzene rings is 1. The summed E-state index contributed by atoms with van der Waals surface area (Å²) in [4.78, 5) is 28.3. The van der Waals surface area contributed by atoms with Gasteiger partial charge in [-0.3, -0.25) is 4.79 Å². The van der Waals surface area contributed by atoms with Crippen molar-refractivity contribution in [3.8, 4) is 5.75 Å². The summed E-state index contributed by atoms with van der Waals surface area (Å²) in [6.45, 7) is 4.39. The molecule has 34 heavy (non-hydrogen) atoms. The van der Waals surface area contributed by atoms with Gasteiger partial charge >= 0.3 is 0 Å². The lowest BCUT2D eigenvalue weighted by Gasteiger charge is -2.28. The summed E-state index contributed by atoms with van der Waals surface area (Å²) < 4.78 is 10.6. The van der Waals surface area contributed by atoms with Crippen LogP contribution in [0.5, 0.6) is 5.75 Å². The molecule has 1 saturated heterocycles. The molecule has 178 valence electrons. The van der Waals surface area contributed by atoms with Gasteiger partial charge in [0.1, 0.15) is 17.3 Å². The molecule has 1 atom stereocenters. The van der Waals surface area contributed by atoms with Gasteiger partial charge in [0.2, 0.25) is 5.95 Å². The molecule has 11 heteroatoms. The number of rotatable bonds is 7. The van der Waals surface area contributed by atoms with Crippen LogP contribution in [0, 0.1) is 0 Å². The maximum Gasteiger partial charge on any atom is 0.270 e. The van der Waals surface area contributed by atoms with Gasteiger partial charge in [-0.05, 0) is 37.3 Å². The van der Waals surface area contributed by atoms with Gasteiger partial charge in [0.05, 0.1) is 48.3 Å². The minimum Gasteiger partial charge on any atom is -0.495 e. The lowest BCUT2D eigenvalue weighted by Crippen LogP contribution is -2.38. The smallest absolute Gasteiger partial charge is 0.270 e. The van der Waals surface area contributed by atoms with E-state index in [9.17, 15) is 4.79 Å². The number of amides is 1. The van der Waals surface area contributed by atoms with E-state index in [0.29, 0.717) is 59.6 Å². The van der Waals surface area contributed by atoms with Crippen LogP contribution < -0.4 is 20.3 Å². The van der Waals surface area contributed by atoms with Gasteiger partial charge in [-0.15, -0.1) is 0 Å². The van der Waals surface area contributed by atoms with Crippen LogP contribution in [0.2, 0.25) is 10.0 Å². The number of aromatic nitrogens is 3. The average molecular weight is 503 g/mol. The van der Waals surface area contributed by atoms with Crippen molar-refractivity contribution in [3.63, 3.8) is 0 Å². The minimum absolute atomic E-state index is 0.282. The summed E-state index contributed by atoms with van der Waals surface area (Å²) in [5, 5.41) is 7.10. The molecule has 3 heterocycles. The molecule has 4 rings (SSSR count). The molecule has 1 aliphatic rings. The SMILES string of the molecule is COc1ccc(C(=O)N[C@H](C)c2cc(Nc3ccc(Cl)c(Cl)c3)nc(N3CCOCC3)n2)nc1. The van der Waals surface area contributed by atoms with Crippen molar-refractivity contribution in [2.75, 3.05) is 43.6 Å². The van der Waals surface area contributed by atoms with Crippen LogP contribution >= 0.6 is 23.2 Å². The van der Waals surface area contributed by atoms with Crippen molar-refractivity contribution in [2.45, 2.75) is 13.0 Å². The second kappa shape index (κ2) is 10.9. The zero-order valence-electron chi connectivity index (χ0n) is 18.7. The van der Waals surface area contributed by atoms with Crippen LogP contribution in [-0.2, 0) is 4.74 Å². The van der Waals surface area contributed by atoms with Crippen LogP contribution in [0.15, 0.2) is 42.6 Å². The highest BCUT2D eigenvalue weighted by molar-refractivity contribution is 6.42. The van der Waals surface area contributed by atoms with Crippen molar-refractivity contribution in [3.05, 3.63) is 64.0 Å². The Morgan fingerprint density at radius 3 is 2.59 bits per heavy atom. The number of ether oxygens (including phenoxy) is 2. The van der Waals surface area contributed by atoms with Crippen molar-refractivity contribution in [2.24, 2.45) is 0 Å². The molecule has 0 saturated carbocycles. The van der Waals surface area contributed by atoms with Crippen LogP contribution in [0.3, 0.4) is 0 Å². The largest absolute Gasteiger partial charge is 0.495 e. The Labute approximate surface area is 207 Å². The fourth-order valence-electron chi connectivity index (χ4n) is 3.35. The maximum absolute atomic E-state index is 12.7. The summed E-state index contributed by atoms with van der Waals surface area (Å²) >= 11 is 12.2. The second-order valence-electron chi connectivity index (χ2n) is 7.61. The molecule has 1 aliphatic heterocycles. The number of nitrogens with one attached hydrogen (secondary N) is 2. The lowest BCUT2D eigenvalue weighted by molar-refractivity contribution is 0.0934. The third-order valence-electron chi connectivity index (χ3n) is 5.22. The van der Waals surface area contributed by atoms with E-state index < -0.39 is 6.04 Å². The zero-order valence-corrected chi connectivity index (χ0v) is 20.2. The maximum atomic E-state index is 12.7. The number of carbonyl (C=O) groups is 1. The molecule has 1 fully saturated rings. The summed E-state index contributed by atoms with van der Waals surface area (Å²) in [5.41, 5.74) is 1.65. The molecule has 2 aromatic heterocycles. The van der Waals surface area contributed by atoms with Crippen LogP contribution in [-0.4, -0.2) is 54.3 Å². The van der Waals surface area contributed by atoms with Gasteiger partial charge < -0.3 is 25.0 Å². The number of carbonyl (C=O) groups excluding carboxylic acids is 1. The molecule has 2 N–H and O–H groups in total. The van der Waals surface area contributed by atoms with E-state index in [2.05, 4.69) is 20.6 Å². The molecule has 9 nitrogen and oxygen atoms in total. The molecule has 0 radical (unpaired) electrons. The van der Waals surface area contributed by atoms with Crippen molar-refractivity contribution in [1.29, 1.82) is 0 Å². The lowest BCUT2D eigenvalue weighted by atomic mass is 10.2. The first kappa shape index (κ1) is 24.0. The van der Waals surface area contributed by atoms with Crippen LogP contribution in [0.1, 0.15) is 29.1 Å². The molecule has 3 aromatic rings. The molecular weight excluding hydrogens is 479 g/mol. The Bertz CT molecular complexity index is 1160. The molecule has 1 amide bonds. The Kier molecular flexibility index (Phi) is 7.66. The third kappa shape index (κ3) is 5.85. The van der Waals surface area contributed by atoms with E-state index >= 15 is 0 Å². The first-order valence-corrected chi connectivity index (χ1v) is 11.4. The molecular formula is C23H24Cl2N6O3. The highest BCUT2D eigenvalue weighted by Crippen LogP contribution is 2.28. The molecule has 0 unspecified atom stereocenters. The van der Waals surface area contributed by atoms with Crippen LogP contribution in [0.4, 0.5) is 17.5 Å². The number of halogens is 2. The Balaban J connectivity index is 1.59. The fraction of sp³-hybridized carbons (Fsp3) is 0.304. The molecule has 0 bridgehead atoms. The highest BCUT2D eigenvalue weighted by atomic mass is 35.5. The molecule has 1 aromatic carbocycles. The van der Waals surface area contributed by atoms with E-state index in [4.69, 9.17) is 37.7 Å². The normalized spacial score (nSPS) is 14.4. The Morgan fingerprint density at radius 2 is 1.91 bits per heavy atom. The Hall–Kier alpha value is -3.14. The van der Waals surface area contributed by atoms with Gasteiger partial charge in [-0.25, -0.2) is 9.97 Å². The fourth-order valence-corrected chi connectivity index (χ4v) is 3.64. The zero-order chi connectivity index (χ0) is 24.1. The van der Waals surface area contributed by atoms with Gasteiger partial charge in [0.25, 0.3) is 5.91 Å². The predicted molar refractivity (Wildman–Crippen MR) is 131 cm³/mol. The summed E-state index contributed by atoms with van der Waals surface area (Å²) in [5.74, 6) is 1.37. The average Bonchev–Trinajstić information content (AvgIpc) is 2.86. The number of methoxy groups -OCH3 is 1. The molecule has 0 spiro atoms. The second-order valence-corrected chi connectivity index (χ2v) is 8.42. The number of pyridine rings is 1. The summed E-state index contributed by atoms with van der Waals surface area (Å²) in [6.07, 6.45) is 1.50. The van der Waals surface area contributed by atoms with Gasteiger partial charge in [-0.2, -0.15) is 4.98 Å². The van der Waals surface area contributed by atoms with E-state index in [1.165, 1.54) is 6.20 Å². The predicted octanol–water partition coefficient (Wildman–Crippen LogP) is 4.26. The highest BCUT2D eigenvalue weighted by Gasteiger charge is 2.20. The minimum atomic E-state index is -0.409. The topological polar surface area (TPSA) is 102 Å². The first-order valence-electron chi connectivity index (χ1n) is 10.7. The Morgan fingerprint density at radius 1 is 1.12 bits per heavy atom. The van der Waals surface area contributed by atoms with Crippen LogP contribution in [0.25, 0.3) is 0 Å². The number of anilines is 3. The number of hydrogen-bond acceptors (Lipinski definition) is 8. The quantitative estimate of drug-likeness (QED) is 0.494. The standard InChI is InChI=1S/C23H24Cl2N6O3/c1-14(27-22(32)19-6-4-16(33-2)13-26-19)20-12-21(28-15-3-5-17(24)18(25)11-15)30-23(29-20)31-7-9-34-10-8-31/h3-6,11-14H,7-10H2,1-2H3,(H,27,32)(H,28,29,30)/t14-/m1/s1. The monoisotopic (exact) mass is 502 g/mol. The number of hydrogen-bond donors (Lipinski definition) is 2. The first-order chi connectivity index (χ1) is 16.4. The van der Waals surface area contributed by atoms with E-state index in [1.807, 2.05) is 17.9 Å².